The van der Waals surface area contributed by atoms with Crippen LogP contribution in [0.2, 0.25) is 0 Å². The fourth-order valence-corrected chi connectivity index (χ4v) is 2.93. The number of benzene rings is 1. The largest absolute Gasteiger partial charge is 0.491 e. The molecule has 0 bridgehead atoms. The number of aliphatic hydroxyl groups is 1. The smallest absolute Gasteiger partial charge is 0.137 e. The molecule has 2 heterocycles. The van der Waals surface area contributed by atoms with Gasteiger partial charge in [0.15, 0.2) is 0 Å². The molecule has 0 amide bonds. The zero-order valence-electron chi connectivity index (χ0n) is 12.9. The highest BCUT2D eigenvalue weighted by molar-refractivity contribution is 5.22. The van der Waals surface area contributed by atoms with Crippen LogP contribution in [-0.4, -0.2) is 56.6 Å². The van der Waals surface area contributed by atoms with Gasteiger partial charge >= 0.3 is 0 Å². The molecule has 0 unspecified atom stereocenters. The van der Waals surface area contributed by atoms with E-state index < -0.39 is 6.10 Å². The predicted molar refractivity (Wildman–Crippen MR) is 82.5 cm³/mol. The molecular formula is C16H21FN4O2. The summed E-state index contributed by atoms with van der Waals surface area (Å²) in [7, 11) is 0. The molecule has 0 spiro atoms. The zero-order chi connectivity index (χ0) is 16.1. The number of β-amino-alcohol motifs (C(OH)–C–C–N with tert-alkyl or cyclic N) is 1. The first kappa shape index (κ1) is 15.9. The molecule has 2 atom stereocenters. The van der Waals surface area contributed by atoms with Crippen LogP contribution in [0.3, 0.4) is 0 Å². The second kappa shape index (κ2) is 7.52. The molecule has 3 rings (SSSR count). The van der Waals surface area contributed by atoms with Gasteiger partial charge in [-0.05, 0) is 43.7 Å². The van der Waals surface area contributed by atoms with Gasteiger partial charge in [0.25, 0.3) is 0 Å². The summed E-state index contributed by atoms with van der Waals surface area (Å²) in [6.45, 7) is 2.50. The van der Waals surface area contributed by atoms with E-state index in [-0.39, 0.29) is 12.4 Å². The molecule has 7 heteroatoms. The van der Waals surface area contributed by atoms with Gasteiger partial charge in [-0.2, -0.15) is 5.10 Å². The van der Waals surface area contributed by atoms with Crippen molar-refractivity contribution in [1.82, 2.24) is 19.7 Å². The molecule has 1 saturated heterocycles. The second-order valence-electron chi connectivity index (χ2n) is 5.83. The number of nitrogens with zero attached hydrogens (tertiary/aromatic N) is 4. The number of likely N-dealkylation sites (tertiary alicyclic amines) is 1. The standard InChI is InChI=1S/C16H21FN4O2/c17-13-3-5-16(6-4-13)23-10-15(22)9-20-7-1-2-14(20)8-21-12-18-11-19-21/h3-6,11-12,14-15,22H,1-2,7-10H2/t14-,15-/m1/s1. The fraction of sp³-hybridized carbons (Fsp3) is 0.500. The predicted octanol–water partition coefficient (Wildman–Crippen LogP) is 1.32. The normalized spacial score (nSPS) is 19.8. The summed E-state index contributed by atoms with van der Waals surface area (Å²) in [5.74, 6) is 0.261. The highest BCUT2D eigenvalue weighted by Gasteiger charge is 2.26. The highest BCUT2D eigenvalue weighted by Crippen LogP contribution is 2.19. The van der Waals surface area contributed by atoms with Gasteiger partial charge in [0.2, 0.25) is 0 Å². The second-order valence-corrected chi connectivity index (χ2v) is 5.83. The molecule has 0 aliphatic carbocycles. The Hall–Kier alpha value is -1.99. The Morgan fingerprint density at radius 1 is 1.35 bits per heavy atom. The molecular weight excluding hydrogens is 299 g/mol. The average Bonchev–Trinajstić information content (AvgIpc) is 3.20. The van der Waals surface area contributed by atoms with E-state index >= 15 is 0 Å². The first-order valence-corrected chi connectivity index (χ1v) is 7.83. The van der Waals surface area contributed by atoms with Crippen molar-refractivity contribution in [2.45, 2.75) is 31.5 Å². The Balaban J connectivity index is 1.46. The van der Waals surface area contributed by atoms with E-state index in [2.05, 4.69) is 15.0 Å². The minimum absolute atomic E-state index is 0.193. The van der Waals surface area contributed by atoms with E-state index in [0.29, 0.717) is 18.3 Å². The van der Waals surface area contributed by atoms with Crippen LogP contribution in [0.4, 0.5) is 4.39 Å². The van der Waals surface area contributed by atoms with Crippen LogP contribution in [0.25, 0.3) is 0 Å². The van der Waals surface area contributed by atoms with Crippen molar-refractivity contribution in [2.24, 2.45) is 0 Å². The van der Waals surface area contributed by atoms with Crippen molar-refractivity contribution in [3.63, 3.8) is 0 Å². The van der Waals surface area contributed by atoms with Gasteiger partial charge in [0, 0.05) is 12.6 Å². The van der Waals surface area contributed by atoms with Gasteiger partial charge < -0.3 is 9.84 Å². The van der Waals surface area contributed by atoms with Gasteiger partial charge in [0.05, 0.1) is 6.54 Å². The SMILES string of the molecule is O[C@@H](COc1ccc(F)cc1)CN1CCC[C@@H]1Cn1cncn1. The number of aromatic nitrogens is 3. The first-order valence-electron chi connectivity index (χ1n) is 7.83. The maximum Gasteiger partial charge on any atom is 0.137 e. The lowest BCUT2D eigenvalue weighted by Gasteiger charge is -2.26. The number of halogens is 1. The van der Waals surface area contributed by atoms with Crippen molar-refractivity contribution >= 4 is 0 Å². The first-order chi connectivity index (χ1) is 11.2. The van der Waals surface area contributed by atoms with E-state index in [9.17, 15) is 9.50 Å². The molecule has 6 nitrogen and oxygen atoms in total. The molecule has 1 aliphatic heterocycles. The van der Waals surface area contributed by atoms with Crippen LogP contribution in [0.5, 0.6) is 5.75 Å². The van der Waals surface area contributed by atoms with Gasteiger partial charge in [0.1, 0.15) is 36.9 Å². The number of ether oxygens (including phenoxy) is 1. The van der Waals surface area contributed by atoms with Crippen LogP contribution in [0.1, 0.15) is 12.8 Å². The lowest BCUT2D eigenvalue weighted by atomic mass is 10.2. The fourth-order valence-electron chi connectivity index (χ4n) is 2.93. The summed E-state index contributed by atoms with van der Waals surface area (Å²) in [4.78, 5) is 6.22. The van der Waals surface area contributed by atoms with Crippen LogP contribution < -0.4 is 4.74 Å². The van der Waals surface area contributed by atoms with Crippen LogP contribution in [0.15, 0.2) is 36.9 Å². The molecule has 1 aliphatic rings. The summed E-state index contributed by atoms with van der Waals surface area (Å²) in [5.41, 5.74) is 0. The third kappa shape index (κ3) is 4.49. The third-order valence-electron chi connectivity index (χ3n) is 4.06. The minimum atomic E-state index is -0.587. The lowest BCUT2D eigenvalue weighted by Crippen LogP contribution is -2.40. The van der Waals surface area contributed by atoms with Crippen LogP contribution >= 0.6 is 0 Å². The molecule has 2 aromatic rings. The van der Waals surface area contributed by atoms with E-state index in [1.165, 1.54) is 18.5 Å². The quantitative estimate of drug-likeness (QED) is 0.834. The Morgan fingerprint density at radius 2 is 2.17 bits per heavy atom. The van der Waals surface area contributed by atoms with Crippen molar-refractivity contribution in [3.05, 3.63) is 42.7 Å². The maximum atomic E-state index is 12.8. The molecule has 23 heavy (non-hydrogen) atoms. The van der Waals surface area contributed by atoms with Gasteiger partial charge in [-0.25, -0.2) is 9.37 Å². The Kier molecular flexibility index (Phi) is 5.19. The molecule has 0 saturated carbocycles. The van der Waals surface area contributed by atoms with Crippen LogP contribution in [0, 0.1) is 5.82 Å². The van der Waals surface area contributed by atoms with Gasteiger partial charge in [-0.3, -0.25) is 9.58 Å². The van der Waals surface area contributed by atoms with E-state index in [4.69, 9.17) is 4.74 Å². The van der Waals surface area contributed by atoms with E-state index in [0.717, 1.165) is 25.9 Å². The maximum absolute atomic E-state index is 12.8. The third-order valence-corrected chi connectivity index (χ3v) is 4.06. The zero-order valence-corrected chi connectivity index (χ0v) is 12.9. The van der Waals surface area contributed by atoms with Crippen molar-refractivity contribution in [2.75, 3.05) is 19.7 Å². The summed E-state index contributed by atoms with van der Waals surface area (Å²) in [6.07, 6.45) is 4.86. The molecule has 1 aromatic carbocycles. The molecule has 1 N–H and O–H groups in total. The van der Waals surface area contributed by atoms with E-state index in [1.54, 1.807) is 18.5 Å². The van der Waals surface area contributed by atoms with E-state index in [1.807, 2.05) is 4.68 Å². The lowest BCUT2D eigenvalue weighted by molar-refractivity contribution is 0.0609. The topological polar surface area (TPSA) is 63.4 Å². The monoisotopic (exact) mass is 320 g/mol. The molecule has 1 aromatic heterocycles. The highest BCUT2D eigenvalue weighted by atomic mass is 19.1. The van der Waals surface area contributed by atoms with Crippen molar-refractivity contribution < 1.29 is 14.2 Å². The number of hydrogen-bond donors (Lipinski definition) is 1. The average molecular weight is 320 g/mol. The van der Waals surface area contributed by atoms with Gasteiger partial charge in [-0.15, -0.1) is 0 Å². The summed E-state index contributed by atoms with van der Waals surface area (Å²) < 4.78 is 20.2. The Morgan fingerprint density at radius 3 is 2.91 bits per heavy atom. The minimum Gasteiger partial charge on any atom is -0.491 e. The number of hydrogen-bond acceptors (Lipinski definition) is 5. The summed E-state index contributed by atoms with van der Waals surface area (Å²) >= 11 is 0. The van der Waals surface area contributed by atoms with Crippen LogP contribution in [-0.2, 0) is 6.54 Å². The molecule has 1 fully saturated rings. The molecule has 0 radical (unpaired) electrons. The van der Waals surface area contributed by atoms with Crippen molar-refractivity contribution in [1.29, 1.82) is 0 Å². The van der Waals surface area contributed by atoms with Crippen molar-refractivity contribution in [3.8, 4) is 5.75 Å². The Labute approximate surface area is 134 Å². The molecule has 124 valence electrons. The number of aliphatic hydroxyl groups excluding tert-OH is 1. The summed E-state index contributed by atoms with van der Waals surface area (Å²) in [5, 5.41) is 14.3. The summed E-state index contributed by atoms with van der Waals surface area (Å²) in [6, 6.07) is 6.17. The van der Waals surface area contributed by atoms with Gasteiger partial charge in [-0.1, -0.05) is 0 Å². The Bertz CT molecular complexity index is 591. The number of rotatable bonds is 7.